The summed E-state index contributed by atoms with van der Waals surface area (Å²) in [6, 6.07) is -7.66. The largest absolute Gasteiger partial charge is 0.508 e. The minimum atomic E-state index is -1.90. The summed E-state index contributed by atoms with van der Waals surface area (Å²) in [6.07, 6.45) is 0.611. The van der Waals surface area contributed by atoms with Crippen LogP contribution in [0, 0.1) is 53.3 Å². The second kappa shape index (κ2) is 55.4. The Balaban J connectivity index is 2.31. The highest BCUT2D eigenvalue weighted by Crippen LogP contribution is 2.19. The zero-order valence-electron chi connectivity index (χ0n) is 75.2. The van der Waals surface area contributed by atoms with Gasteiger partial charge in [-0.1, -0.05) is 186 Å². The Morgan fingerprint density at radius 3 is 0.928 bits per heavy atom. The molecule has 16 amide bonds. The number of hydrogen-bond donors (Lipinski definition) is 23. The summed E-state index contributed by atoms with van der Waals surface area (Å²) in [5.74, 6) is -20.5. The number of aliphatic hydroxyl groups excluding tert-OH is 4. The number of hydrogen-bond acceptors (Lipinski definition) is 23. The van der Waals surface area contributed by atoms with Crippen molar-refractivity contribution in [2.75, 3.05) is 39.5 Å². The number of carbonyl (C=O) groups is 17. The molecule has 0 aliphatic heterocycles. The molecule has 0 fully saturated rings. The first-order chi connectivity index (χ1) is 58.6. The smallest absolute Gasteiger partial charge is 0.328 e. The van der Waals surface area contributed by atoms with Gasteiger partial charge in [-0.2, -0.15) is 0 Å². The van der Waals surface area contributed by atoms with Crippen molar-refractivity contribution in [3.63, 3.8) is 0 Å². The van der Waals surface area contributed by atoms with Gasteiger partial charge in [-0.25, -0.2) is 4.79 Å². The third kappa shape index (κ3) is 38.2. The van der Waals surface area contributed by atoms with E-state index < -0.39 is 254 Å². The first-order valence-corrected chi connectivity index (χ1v) is 42.6. The van der Waals surface area contributed by atoms with Crippen LogP contribution in [0.2, 0.25) is 0 Å². The molecule has 125 heavy (non-hydrogen) atoms. The van der Waals surface area contributed by atoms with E-state index >= 15 is 0 Å². The highest BCUT2D eigenvalue weighted by molar-refractivity contribution is 6.01. The monoisotopic (exact) mass is 1770 g/mol. The normalized spacial score (nSPS) is 15.8. The summed E-state index contributed by atoms with van der Waals surface area (Å²) < 4.78 is 0. The minimum Gasteiger partial charge on any atom is -0.508 e. The van der Waals surface area contributed by atoms with Crippen molar-refractivity contribution < 1.29 is 112 Å². The van der Waals surface area contributed by atoms with Crippen LogP contribution in [0.4, 0.5) is 0 Å². The lowest BCUT2D eigenvalue weighted by atomic mass is 9.96. The average Bonchev–Trinajstić information content (AvgIpc) is 0.844. The number of amides is 16. The lowest BCUT2D eigenvalue weighted by molar-refractivity contribution is -0.143. The van der Waals surface area contributed by atoms with E-state index in [2.05, 4.69) is 85.1 Å². The molecule has 0 aliphatic rings. The van der Waals surface area contributed by atoms with Crippen LogP contribution in [-0.2, 0) is 94.3 Å². The third-order valence-electron chi connectivity index (χ3n) is 21.0. The molecule has 2 aromatic rings. The van der Waals surface area contributed by atoms with Crippen molar-refractivity contribution in [1.82, 2.24) is 85.1 Å². The van der Waals surface area contributed by atoms with Gasteiger partial charge in [-0.05, 0) is 95.8 Å². The van der Waals surface area contributed by atoms with Crippen molar-refractivity contribution >= 4 is 100 Å². The molecule has 2 aromatic carbocycles. The number of aliphatic hydroxyl groups is 4. The number of aliphatic carboxylic acids is 1. The van der Waals surface area contributed by atoms with Crippen molar-refractivity contribution in [1.29, 1.82) is 0 Å². The number of carboxylic acid groups (broad SMARTS) is 1. The lowest BCUT2D eigenvalue weighted by Crippen LogP contribution is -2.62. The van der Waals surface area contributed by atoms with Crippen molar-refractivity contribution in [2.45, 2.75) is 267 Å². The maximum Gasteiger partial charge on any atom is 0.328 e. The number of nitrogens with one attached hydrogen (secondary N) is 16. The van der Waals surface area contributed by atoms with Crippen molar-refractivity contribution in [2.24, 2.45) is 59.0 Å². The molecule has 0 aliphatic carbocycles. The van der Waals surface area contributed by atoms with Gasteiger partial charge in [0.25, 0.3) is 0 Å². The molecule has 702 valence electrons. The highest BCUT2D eigenvalue weighted by Gasteiger charge is 2.40. The summed E-state index contributed by atoms with van der Waals surface area (Å²) in [4.78, 5) is 235. The summed E-state index contributed by atoms with van der Waals surface area (Å²) in [6.45, 7) is 24.6. The number of nitrogens with two attached hydrogens (primary N) is 1. The van der Waals surface area contributed by atoms with E-state index in [1.54, 1.807) is 127 Å². The number of carboxylic acids is 1. The van der Waals surface area contributed by atoms with Gasteiger partial charge in [-0.15, -0.1) is 0 Å². The van der Waals surface area contributed by atoms with Gasteiger partial charge in [0.05, 0.1) is 45.6 Å². The fraction of sp³-hybridized carbons (Fsp3) is 0.659. The van der Waals surface area contributed by atoms with Gasteiger partial charge >= 0.3 is 5.97 Å². The Labute approximate surface area is 731 Å². The first kappa shape index (κ1) is 110. The average molecular weight is 1770 g/mol. The molecular formula is C85H139N17O23. The zero-order valence-corrected chi connectivity index (χ0v) is 75.2. The van der Waals surface area contributed by atoms with E-state index in [4.69, 9.17) is 5.73 Å². The van der Waals surface area contributed by atoms with Crippen LogP contribution in [-0.4, -0.2) is 261 Å². The second-order valence-electron chi connectivity index (χ2n) is 34.0. The molecule has 0 saturated carbocycles. The van der Waals surface area contributed by atoms with E-state index in [0.29, 0.717) is 24.0 Å². The van der Waals surface area contributed by atoms with Crippen LogP contribution in [0.3, 0.4) is 0 Å². The molecule has 0 spiro atoms. The van der Waals surface area contributed by atoms with Crippen LogP contribution in [0.1, 0.15) is 174 Å². The van der Waals surface area contributed by atoms with Crippen LogP contribution in [0.25, 0.3) is 0 Å². The number of carbonyl (C=O) groups excluding carboxylic acids is 16. The number of rotatable bonds is 56. The molecular weight excluding hydrogens is 1630 g/mol. The van der Waals surface area contributed by atoms with Gasteiger partial charge in [0.15, 0.2) is 0 Å². The molecule has 0 unspecified atom stereocenters. The Hall–Kier alpha value is -11.0. The van der Waals surface area contributed by atoms with Gasteiger partial charge in [0.1, 0.15) is 90.3 Å². The first-order valence-electron chi connectivity index (χ1n) is 42.6. The van der Waals surface area contributed by atoms with E-state index in [-0.39, 0.29) is 73.9 Å². The Morgan fingerprint density at radius 2 is 0.560 bits per heavy atom. The third-order valence-corrected chi connectivity index (χ3v) is 21.0. The molecule has 24 N–H and O–H groups in total. The van der Waals surface area contributed by atoms with E-state index in [1.165, 1.54) is 45.0 Å². The Bertz CT molecular complexity index is 3890. The van der Waals surface area contributed by atoms with Crippen molar-refractivity contribution in [3.05, 3.63) is 65.7 Å². The topological polar surface area (TPSA) is 630 Å². The number of benzene rings is 2. The number of phenolic OH excluding ortho intramolecular Hbond substituents is 1. The predicted octanol–water partition coefficient (Wildman–Crippen LogP) is -3.18. The molecule has 40 heteroatoms. The fourth-order valence-electron chi connectivity index (χ4n) is 12.7. The zero-order chi connectivity index (χ0) is 95.0. The van der Waals surface area contributed by atoms with Crippen LogP contribution < -0.4 is 90.8 Å². The van der Waals surface area contributed by atoms with Gasteiger partial charge in [0.2, 0.25) is 94.5 Å². The molecule has 2 rings (SSSR count). The van der Waals surface area contributed by atoms with Crippen LogP contribution >= 0.6 is 0 Å². The maximum atomic E-state index is 14.6. The summed E-state index contributed by atoms with van der Waals surface area (Å²) in [7, 11) is 0. The van der Waals surface area contributed by atoms with Gasteiger partial charge in [0, 0.05) is 12.8 Å². The minimum absolute atomic E-state index is 0.00340. The molecule has 0 radical (unpaired) electrons. The summed E-state index contributed by atoms with van der Waals surface area (Å²) in [5, 5.41) is 101. The van der Waals surface area contributed by atoms with E-state index in [0.717, 1.165) is 0 Å². The number of aromatic hydroxyl groups is 1. The van der Waals surface area contributed by atoms with Crippen LogP contribution in [0.5, 0.6) is 5.75 Å². The Kier molecular flexibility index (Phi) is 48.8. The second-order valence-corrected chi connectivity index (χ2v) is 34.0. The standard InChI is InChI=1S/C85H139N17O23/c1-19-48(16)68(101-79(118)65(86)45(10)11)80(119)87-36-63(108)89-57(34-51-25-23-22-24-26-51)75(114)98-67(47(14)15)83(122)102-69(49(17)20-2)81(120)88-37-64(109)90-59(38-103)77(116)100-70(50(18)21-3)84(123)96-60(39-104)76(115)95-61(40-105)78(117)99-66(46(12)13)82(121)94-56(33-44(8)9)72(111)93-58(35-52-27-29-53(107)30-28-52)74(113)92-54(31-42(4)5)71(110)91-55(32-43(6)7)73(112)97-62(41-106)85(124)125/h22-30,42-50,54-62,65-70,103-107H,19-21,31-41,86H2,1-18H3,(H,87,119)(H,88,120)(H,89,108)(H,90,109)(H,91,110)(H,92,113)(H,93,111)(H,94,121)(H,95,115)(H,96,123)(H,97,112)(H,98,114)(H,99,117)(H,100,116)(H,101,118)(H,102,122)(H,124,125)/t48-,49-,50-,54-,55-,56-,57-,58-,59-,60-,61-,62-,65-,66-,67-,68-,69-,70-/m0/s1. The summed E-state index contributed by atoms with van der Waals surface area (Å²) >= 11 is 0. The van der Waals surface area contributed by atoms with E-state index in [9.17, 15) is 112 Å². The maximum absolute atomic E-state index is 14.6. The highest BCUT2D eigenvalue weighted by atomic mass is 16.4. The molecule has 40 nitrogen and oxygen atoms in total. The molecule has 0 aromatic heterocycles. The molecule has 0 heterocycles. The fourth-order valence-corrected chi connectivity index (χ4v) is 12.7. The lowest BCUT2D eigenvalue weighted by Gasteiger charge is -2.30. The molecule has 18 atom stereocenters. The van der Waals surface area contributed by atoms with Gasteiger partial charge < -0.3 is 121 Å². The number of phenols is 1. The molecule has 0 bridgehead atoms. The summed E-state index contributed by atoms with van der Waals surface area (Å²) in [5.41, 5.74) is 7.08. The van der Waals surface area contributed by atoms with Crippen molar-refractivity contribution in [3.8, 4) is 5.75 Å². The van der Waals surface area contributed by atoms with Gasteiger partial charge in [-0.3, -0.25) is 76.7 Å². The SMILES string of the molecule is CC[C@H](C)[C@H](NC(=O)[C@H](CO)NC(=O)CNC(=O)[C@@H](NC(=O)[C@@H](NC(=O)[C@H](Cc1ccccc1)NC(=O)CNC(=O)[C@@H](NC(=O)[C@@H](N)C(C)C)[C@@H](C)CC)C(C)C)[C@@H](C)CC)C(=O)N[C@@H](CO)C(=O)N[C@@H](CO)C(=O)N[C@H](C(=O)N[C@@H](CC(C)C)C(=O)N[C@@H](Cc1ccc(O)cc1)C(=O)N[C@@H](CC(C)C)C(=O)N[C@@H](CC(C)C)C(=O)N[C@@H](CO)C(=O)O)C(C)C. The Morgan fingerprint density at radius 1 is 0.296 bits per heavy atom. The predicted molar refractivity (Wildman–Crippen MR) is 460 cm³/mol. The molecule has 0 saturated heterocycles. The quantitative estimate of drug-likeness (QED) is 0.0310. The van der Waals surface area contributed by atoms with E-state index in [1.807, 2.05) is 6.92 Å². The van der Waals surface area contributed by atoms with Crippen LogP contribution in [0.15, 0.2) is 54.6 Å².